The zero-order valence-electron chi connectivity index (χ0n) is 5.55. The predicted octanol–water partition coefficient (Wildman–Crippen LogP) is 0.661. The summed E-state index contributed by atoms with van der Waals surface area (Å²) in [4.78, 5) is 20.3. The first-order valence-electron chi connectivity index (χ1n) is 2.58. The Hall–Kier alpha value is -0.980. The monoisotopic (exact) mass is 200 g/mol. The minimum Gasteiger partial charge on any atom is -0.418 e. The molecular formula is C5H3F3O3S. The molecule has 0 aromatic heterocycles. The van der Waals surface area contributed by atoms with Crippen LogP contribution in [0.15, 0.2) is 0 Å². The van der Waals surface area contributed by atoms with Gasteiger partial charge >= 0.3 is 11.9 Å². The molecule has 0 spiro atoms. The molecule has 68 valence electrons. The molecule has 0 radical (unpaired) electrons. The molecule has 0 amide bonds. The molecule has 0 heterocycles. The van der Waals surface area contributed by atoms with Crippen LogP contribution in [0.1, 0.15) is 0 Å². The standard InChI is InChI=1S/C5H3F3O3S/c6-1-3(9)5(7,8)4(10)11-2-12/h2H,1H2. The first-order valence-corrected chi connectivity index (χ1v) is 3.05. The topological polar surface area (TPSA) is 43.4 Å². The molecule has 0 fully saturated rings. The Balaban J connectivity index is 4.48. The van der Waals surface area contributed by atoms with Crippen LogP contribution in [-0.2, 0) is 14.3 Å². The van der Waals surface area contributed by atoms with Crippen molar-refractivity contribution in [2.24, 2.45) is 0 Å². The second-order valence-electron chi connectivity index (χ2n) is 1.63. The van der Waals surface area contributed by atoms with Gasteiger partial charge in [0.05, 0.1) is 0 Å². The van der Waals surface area contributed by atoms with E-state index in [1.807, 2.05) is 0 Å². The first-order chi connectivity index (χ1) is 5.46. The van der Waals surface area contributed by atoms with Crippen molar-refractivity contribution in [1.82, 2.24) is 0 Å². The number of thiocarbonyl (C=S) groups is 1. The van der Waals surface area contributed by atoms with E-state index in [2.05, 4.69) is 17.0 Å². The molecule has 0 rings (SSSR count). The third-order valence-electron chi connectivity index (χ3n) is 0.883. The lowest BCUT2D eigenvalue weighted by atomic mass is 10.2. The largest absolute Gasteiger partial charge is 0.418 e. The van der Waals surface area contributed by atoms with Gasteiger partial charge in [-0.1, -0.05) is 0 Å². The summed E-state index contributed by atoms with van der Waals surface area (Å²) in [5.41, 5.74) is 0.266. The lowest BCUT2D eigenvalue weighted by Crippen LogP contribution is -2.40. The van der Waals surface area contributed by atoms with Crippen molar-refractivity contribution in [3.8, 4) is 0 Å². The van der Waals surface area contributed by atoms with Gasteiger partial charge < -0.3 is 4.74 Å². The van der Waals surface area contributed by atoms with E-state index in [1.165, 1.54) is 0 Å². The van der Waals surface area contributed by atoms with Gasteiger partial charge in [-0.05, 0) is 12.2 Å². The highest BCUT2D eigenvalue weighted by Gasteiger charge is 2.48. The second kappa shape index (κ2) is 4.15. The maximum Gasteiger partial charge on any atom is 0.402 e. The lowest BCUT2D eigenvalue weighted by Gasteiger charge is -2.08. The number of halogens is 3. The van der Waals surface area contributed by atoms with Crippen molar-refractivity contribution in [3.63, 3.8) is 0 Å². The number of esters is 1. The Morgan fingerprint density at radius 2 is 2.00 bits per heavy atom. The second-order valence-corrected chi connectivity index (χ2v) is 1.83. The maximum atomic E-state index is 12.3. The van der Waals surface area contributed by atoms with Crippen LogP contribution in [0.2, 0.25) is 0 Å². The quantitative estimate of drug-likeness (QED) is 0.380. The van der Waals surface area contributed by atoms with Crippen molar-refractivity contribution in [2.45, 2.75) is 5.92 Å². The van der Waals surface area contributed by atoms with E-state index in [1.54, 1.807) is 0 Å². The fourth-order valence-corrected chi connectivity index (χ4v) is 0.403. The summed E-state index contributed by atoms with van der Waals surface area (Å²) in [6.07, 6.45) is 0. The minimum absolute atomic E-state index is 0.266. The minimum atomic E-state index is -4.45. The number of carbonyl (C=O) groups excluding carboxylic acids is 2. The summed E-state index contributed by atoms with van der Waals surface area (Å²) in [5, 5.41) is 0. The third kappa shape index (κ3) is 2.26. The van der Waals surface area contributed by atoms with Crippen molar-refractivity contribution >= 4 is 29.5 Å². The van der Waals surface area contributed by atoms with Crippen LogP contribution in [0, 0.1) is 0 Å². The normalized spacial score (nSPS) is 10.6. The number of hydrogen-bond donors (Lipinski definition) is 0. The third-order valence-corrected chi connectivity index (χ3v) is 0.979. The summed E-state index contributed by atoms with van der Waals surface area (Å²) in [7, 11) is 0. The van der Waals surface area contributed by atoms with Crippen molar-refractivity contribution in [3.05, 3.63) is 0 Å². The lowest BCUT2D eigenvalue weighted by molar-refractivity contribution is -0.169. The van der Waals surface area contributed by atoms with E-state index in [0.29, 0.717) is 0 Å². The van der Waals surface area contributed by atoms with Gasteiger partial charge in [-0.3, -0.25) is 4.79 Å². The summed E-state index contributed by atoms with van der Waals surface area (Å²) < 4.78 is 39.5. The number of alkyl halides is 3. The van der Waals surface area contributed by atoms with Crippen molar-refractivity contribution in [1.29, 1.82) is 0 Å². The number of rotatable bonds is 4. The SMILES string of the molecule is O=C(CF)C(F)(F)C(=O)OC=S. The molecule has 0 aliphatic heterocycles. The van der Waals surface area contributed by atoms with Crippen molar-refractivity contribution in [2.75, 3.05) is 6.67 Å². The molecule has 0 aromatic carbocycles. The van der Waals surface area contributed by atoms with E-state index in [9.17, 15) is 22.8 Å². The van der Waals surface area contributed by atoms with Crippen LogP contribution in [0.25, 0.3) is 0 Å². The van der Waals surface area contributed by atoms with Crippen LogP contribution in [-0.4, -0.2) is 29.9 Å². The Morgan fingerprint density at radius 1 is 1.50 bits per heavy atom. The van der Waals surface area contributed by atoms with Crippen LogP contribution in [0.3, 0.4) is 0 Å². The molecule has 0 unspecified atom stereocenters. The number of carbonyl (C=O) groups is 2. The van der Waals surface area contributed by atoms with Gasteiger partial charge in [0.1, 0.15) is 0 Å². The van der Waals surface area contributed by atoms with E-state index >= 15 is 0 Å². The highest BCUT2D eigenvalue weighted by atomic mass is 32.1. The molecule has 0 atom stereocenters. The molecule has 3 nitrogen and oxygen atoms in total. The van der Waals surface area contributed by atoms with Gasteiger partial charge in [0.15, 0.2) is 12.2 Å². The summed E-state index contributed by atoms with van der Waals surface area (Å²) in [6, 6.07) is 0. The predicted molar refractivity (Wildman–Crippen MR) is 35.7 cm³/mol. The van der Waals surface area contributed by atoms with E-state index < -0.39 is 24.3 Å². The smallest absolute Gasteiger partial charge is 0.402 e. The number of ketones is 1. The molecule has 0 bridgehead atoms. The number of Topliss-reactive ketones (excluding diaryl/α,β-unsaturated/α-hetero) is 1. The summed E-state index contributed by atoms with van der Waals surface area (Å²) in [6.45, 7) is -1.93. The van der Waals surface area contributed by atoms with Crippen LogP contribution in [0.5, 0.6) is 0 Å². The molecule has 0 saturated carbocycles. The Kier molecular flexibility index (Phi) is 3.81. The fourth-order valence-electron chi connectivity index (χ4n) is 0.315. The van der Waals surface area contributed by atoms with Gasteiger partial charge in [-0.2, -0.15) is 8.78 Å². The number of hydrogen-bond acceptors (Lipinski definition) is 4. The molecule has 7 heteroatoms. The highest BCUT2D eigenvalue weighted by Crippen LogP contribution is 2.16. The highest BCUT2D eigenvalue weighted by molar-refractivity contribution is 7.78. The molecule has 12 heavy (non-hydrogen) atoms. The zero-order chi connectivity index (χ0) is 9.78. The molecule has 0 N–H and O–H groups in total. The van der Waals surface area contributed by atoms with Crippen molar-refractivity contribution < 1.29 is 27.5 Å². The Bertz CT molecular complexity index is 216. The van der Waals surface area contributed by atoms with Crippen LogP contribution >= 0.6 is 12.2 Å². The number of ether oxygens (including phenoxy) is 1. The Labute approximate surface area is 70.5 Å². The summed E-state index contributed by atoms with van der Waals surface area (Å²) >= 11 is 3.91. The van der Waals surface area contributed by atoms with Gasteiger partial charge in [0, 0.05) is 0 Å². The molecule has 0 saturated heterocycles. The van der Waals surface area contributed by atoms with E-state index in [4.69, 9.17) is 0 Å². The van der Waals surface area contributed by atoms with E-state index in [0.717, 1.165) is 0 Å². The fraction of sp³-hybridized carbons (Fsp3) is 0.400. The zero-order valence-corrected chi connectivity index (χ0v) is 6.37. The van der Waals surface area contributed by atoms with E-state index in [-0.39, 0.29) is 5.55 Å². The summed E-state index contributed by atoms with van der Waals surface area (Å²) in [5.74, 6) is -8.77. The molecule has 0 aromatic rings. The first kappa shape index (κ1) is 11.0. The maximum absolute atomic E-state index is 12.3. The average molecular weight is 200 g/mol. The van der Waals surface area contributed by atoms with Gasteiger partial charge in [0.25, 0.3) is 0 Å². The van der Waals surface area contributed by atoms with Gasteiger partial charge in [-0.25, -0.2) is 9.18 Å². The van der Waals surface area contributed by atoms with Crippen LogP contribution in [0.4, 0.5) is 13.2 Å². The average Bonchev–Trinajstić information content (AvgIpc) is 2.03. The van der Waals surface area contributed by atoms with Crippen LogP contribution < -0.4 is 0 Å². The molecule has 0 aliphatic carbocycles. The van der Waals surface area contributed by atoms with Gasteiger partial charge in [0.2, 0.25) is 5.78 Å². The molecular weight excluding hydrogens is 197 g/mol. The Morgan fingerprint density at radius 3 is 2.33 bits per heavy atom. The van der Waals surface area contributed by atoms with Gasteiger partial charge in [-0.15, -0.1) is 0 Å². The molecule has 0 aliphatic rings.